The first kappa shape index (κ1) is 14.4. The van der Waals surface area contributed by atoms with E-state index in [9.17, 15) is 9.59 Å². The highest BCUT2D eigenvalue weighted by Crippen LogP contribution is 2.31. The van der Waals surface area contributed by atoms with Crippen LogP contribution in [0, 0.1) is 0 Å². The molecule has 5 nitrogen and oxygen atoms in total. The summed E-state index contributed by atoms with van der Waals surface area (Å²) in [6.07, 6.45) is 2.59. The number of carbonyl (C=O) groups excluding carboxylic acids is 2. The van der Waals surface area contributed by atoms with E-state index in [4.69, 9.17) is 4.74 Å². The third-order valence-electron chi connectivity index (χ3n) is 3.96. The molecule has 0 bridgehead atoms. The SMILES string of the molecule is CC1Cc2ccccc2N1C(=O)COC(=O)c1cccn1C. The molecule has 1 aromatic heterocycles. The molecule has 2 heterocycles. The molecule has 114 valence electrons. The van der Waals surface area contributed by atoms with Gasteiger partial charge in [-0.25, -0.2) is 4.79 Å². The first-order valence-corrected chi connectivity index (χ1v) is 7.26. The van der Waals surface area contributed by atoms with E-state index in [2.05, 4.69) is 0 Å². The molecule has 1 aliphatic heterocycles. The number of fused-ring (bicyclic) bond motifs is 1. The van der Waals surface area contributed by atoms with E-state index in [1.165, 1.54) is 0 Å². The zero-order chi connectivity index (χ0) is 15.7. The molecule has 0 aliphatic carbocycles. The van der Waals surface area contributed by atoms with Crippen LogP contribution in [0.15, 0.2) is 42.6 Å². The number of hydrogen-bond acceptors (Lipinski definition) is 3. The van der Waals surface area contributed by atoms with Gasteiger partial charge in [-0.2, -0.15) is 0 Å². The summed E-state index contributed by atoms with van der Waals surface area (Å²) >= 11 is 0. The third kappa shape index (κ3) is 2.50. The minimum absolute atomic E-state index is 0.0821. The fraction of sp³-hybridized carbons (Fsp3) is 0.294. The van der Waals surface area contributed by atoms with Crippen LogP contribution in [0.5, 0.6) is 0 Å². The number of nitrogens with zero attached hydrogens (tertiary/aromatic N) is 2. The number of aryl methyl sites for hydroxylation is 1. The molecule has 1 unspecified atom stereocenters. The van der Waals surface area contributed by atoms with Crippen molar-refractivity contribution < 1.29 is 14.3 Å². The van der Waals surface area contributed by atoms with Gasteiger partial charge in [-0.1, -0.05) is 18.2 Å². The van der Waals surface area contributed by atoms with Crippen LogP contribution in [0.3, 0.4) is 0 Å². The van der Waals surface area contributed by atoms with Crippen molar-refractivity contribution in [3.05, 3.63) is 53.9 Å². The Hall–Kier alpha value is -2.56. The summed E-state index contributed by atoms with van der Waals surface area (Å²) in [4.78, 5) is 26.1. The lowest BCUT2D eigenvalue weighted by molar-refractivity contribution is -0.122. The number of rotatable bonds is 3. The lowest BCUT2D eigenvalue weighted by Gasteiger charge is -2.22. The average Bonchev–Trinajstić information content (AvgIpc) is 3.06. The summed E-state index contributed by atoms with van der Waals surface area (Å²) in [6, 6.07) is 11.3. The first-order valence-electron chi connectivity index (χ1n) is 7.26. The Kier molecular flexibility index (Phi) is 3.71. The van der Waals surface area contributed by atoms with Crippen molar-refractivity contribution in [3.63, 3.8) is 0 Å². The standard InChI is InChI=1S/C17H18N2O3/c1-12-10-13-6-3-4-7-14(13)19(12)16(20)11-22-17(21)15-8-5-9-18(15)2/h3-9,12H,10-11H2,1-2H3. The molecule has 22 heavy (non-hydrogen) atoms. The first-order chi connectivity index (χ1) is 10.6. The molecule has 0 N–H and O–H groups in total. The molecule has 1 atom stereocenters. The summed E-state index contributed by atoms with van der Waals surface area (Å²) in [5, 5.41) is 0. The molecule has 0 radical (unpaired) electrons. The molecule has 0 fully saturated rings. The smallest absolute Gasteiger partial charge is 0.355 e. The van der Waals surface area contributed by atoms with E-state index in [1.807, 2.05) is 31.2 Å². The largest absolute Gasteiger partial charge is 0.451 e. The Morgan fingerprint density at radius 1 is 1.23 bits per heavy atom. The van der Waals surface area contributed by atoms with Gasteiger partial charge in [-0.15, -0.1) is 0 Å². The number of benzene rings is 1. The van der Waals surface area contributed by atoms with Gasteiger partial charge in [0.25, 0.3) is 5.91 Å². The van der Waals surface area contributed by atoms with Crippen LogP contribution >= 0.6 is 0 Å². The summed E-state index contributed by atoms with van der Waals surface area (Å²) in [6.45, 7) is 1.75. The molecule has 0 spiro atoms. The van der Waals surface area contributed by atoms with Crippen LogP contribution < -0.4 is 4.90 Å². The van der Waals surface area contributed by atoms with Gasteiger partial charge in [-0.05, 0) is 37.1 Å². The van der Waals surface area contributed by atoms with Gasteiger partial charge in [0.15, 0.2) is 6.61 Å². The van der Waals surface area contributed by atoms with Crippen molar-refractivity contribution in [2.75, 3.05) is 11.5 Å². The third-order valence-corrected chi connectivity index (χ3v) is 3.96. The molecule has 0 saturated heterocycles. The summed E-state index contributed by atoms with van der Waals surface area (Å²) in [5.41, 5.74) is 2.50. The number of esters is 1. The monoisotopic (exact) mass is 298 g/mol. The number of ether oxygens (including phenoxy) is 1. The van der Waals surface area contributed by atoms with Crippen LogP contribution in [0.1, 0.15) is 23.0 Å². The van der Waals surface area contributed by atoms with E-state index in [1.54, 1.807) is 34.8 Å². The zero-order valence-corrected chi connectivity index (χ0v) is 12.7. The lowest BCUT2D eigenvalue weighted by atomic mass is 10.1. The van der Waals surface area contributed by atoms with Crippen LogP contribution in [0.25, 0.3) is 0 Å². The maximum Gasteiger partial charge on any atom is 0.355 e. The molecular formula is C17H18N2O3. The van der Waals surface area contributed by atoms with E-state index in [-0.39, 0.29) is 18.6 Å². The van der Waals surface area contributed by atoms with E-state index in [0.29, 0.717) is 5.69 Å². The number of para-hydroxylation sites is 1. The molecule has 2 aromatic rings. The van der Waals surface area contributed by atoms with E-state index >= 15 is 0 Å². The van der Waals surface area contributed by atoms with Crippen molar-refractivity contribution in [2.24, 2.45) is 7.05 Å². The van der Waals surface area contributed by atoms with E-state index < -0.39 is 5.97 Å². The van der Waals surface area contributed by atoms with Crippen molar-refractivity contribution in [3.8, 4) is 0 Å². The van der Waals surface area contributed by atoms with Gasteiger partial charge < -0.3 is 14.2 Å². The fourth-order valence-corrected chi connectivity index (χ4v) is 2.89. The molecule has 0 saturated carbocycles. The van der Waals surface area contributed by atoms with Crippen LogP contribution in [0.4, 0.5) is 5.69 Å². The second kappa shape index (κ2) is 5.67. The number of carbonyl (C=O) groups is 2. The summed E-state index contributed by atoms with van der Waals surface area (Å²) < 4.78 is 6.82. The normalized spacial score (nSPS) is 16.5. The Labute approximate surface area is 129 Å². The number of aromatic nitrogens is 1. The molecule has 5 heteroatoms. The highest BCUT2D eigenvalue weighted by molar-refractivity contribution is 5.98. The summed E-state index contributed by atoms with van der Waals surface area (Å²) in [7, 11) is 1.76. The quantitative estimate of drug-likeness (QED) is 0.816. The predicted molar refractivity (Wildman–Crippen MR) is 82.8 cm³/mol. The van der Waals surface area contributed by atoms with Gasteiger partial charge >= 0.3 is 5.97 Å². The van der Waals surface area contributed by atoms with Crippen molar-refractivity contribution >= 4 is 17.6 Å². The molecule has 3 rings (SSSR count). The average molecular weight is 298 g/mol. The van der Waals surface area contributed by atoms with Gasteiger partial charge in [0.1, 0.15) is 5.69 Å². The van der Waals surface area contributed by atoms with Gasteiger partial charge in [0.2, 0.25) is 0 Å². The maximum absolute atomic E-state index is 12.4. The highest BCUT2D eigenvalue weighted by Gasteiger charge is 2.31. The van der Waals surface area contributed by atoms with Crippen LogP contribution in [0.2, 0.25) is 0 Å². The van der Waals surface area contributed by atoms with Gasteiger partial charge in [0, 0.05) is 25.0 Å². The van der Waals surface area contributed by atoms with Crippen LogP contribution in [-0.4, -0.2) is 29.1 Å². The highest BCUT2D eigenvalue weighted by atomic mass is 16.5. The number of anilines is 1. The Morgan fingerprint density at radius 2 is 2.00 bits per heavy atom. The minimum Gasteiger partial charge on any atom is -0.451 e. The Bertz CT molecular complexity index is 720. The van der Waals surface area contributed by atoms with Crippen LogP contribution in [-0.2, 0) is 23.0 Å². The maximum atomic E-state index is 12.4. The summed E-state index contributed by atoms with van der Waals surface area (Å²) in [5.74, 6) is -0.680. The minimum atomic E-state index is -0.485. The molecular weight excluding hydrogens is 280 g/mol. The number of hydrogen-bond donors (Lipinski definition) is 0. The predicted octanol–water partition coefficient (Wildman–Crippen LogP) is 2.16. The number of amides is 1. The van der Waals surface area contributed by atoms with Gasteiger partial charge in [0.05, 0.1) is 0 Å². The molecule has 1 aromatic carbocycles. The van der Waals surface area contributed by atoms with Gasteiger partial charge in [-0.3, -0.25) is 4.79 Å². The second-order valence-corrected chi connectivity index (χ2v) is 5.53. The van der Waals surface area contributed by atoms with Crippen molar-refractivity contribution in [1.82, 2.24) is 4.57 Å². The Balaban J connectivity index is 1.68. The second-order valence-electron chi connectivity index (χ2n) is 5.53. The molecule has 1 amide bonds. The van der Waals surface area contributed by atoms with Crippen molar-refractivity contribution in [2.45, 2.75) is 19.4 Å². The topological polar surface area (TPSA) is 51.5 Å². The fourth-order valence-electron chi connectivity index (χ4n) is 2.89. The van der Waals surface area contributed by atoms with Crippen molar-refractivity contribution in [1.29, 1.82) is 0 Å². The Morgan fingerprint density at radius 3 is 2.73 bits per heavy atom. The zero-order valence-electron chi connectivity index (χ0n) is 12.7. The molecule has 1 aliphatic rings. The lowest BCUT2D eigenvalue weighted by Crippen LogP contribution is -2.38. The van der Waals surface area contributed by atoms with E-state index in [0.717, 1.165) is 17.7 Å².